The number of pyridine rings is 1. The second kappa shape index (κ2) is 8.91. The summed E-state index contributed by atoms with van der Waals surface area (Å²) in [5.41, 5.74) is 0.827. The van der Waals surface area contributed by atoms with E-state index in [0.717, 1.165) is 32.2 Å². The first-order chi connectivity index (χ1) is 15.2. The maximum atomic E-state index is 12.4. The minimum atomic E-state index is -3.48. The van der Waals surface area contributed by atoms with Gasteiger partial charge in [0.1, 0.15) is 5.82 Å². The average molecular weight is 462 g/mol. The van der Waals surface area contributed by atoms with Crippen LogP contribution >= 0.6 is 0 Å². The fraction of sp³-hybridized carbons (Fsp3) is 0.476. The zero-order valence-electron chi connectivity index (χ0n) is 18.0. The zero-order valence-corrected chi connectivity index (χ0v) is 18.8. The number of carbonyl (C=O) groups excluding carboxylic acids is 1. The van der Waals surface area contributed by atoms with Crippen molar-refractivity contribution < 1.29 is 23.1 Å². The molecule has 0 bridgehead atoms. The summed E-state index contributed by atoms with van der Waals surface area (Å²) in [5, 5.41) is 10.1. The van der Waals surface area contributed by atoms with Crippen molar-refractivity contribution in [3.05, 3.63) is 29.8 Å². The molecular weight excluding hydrogens is 434 g/mol. The summed E-state index contributed by atoms with van der Waals surface area (Å²) in [7, 11) is -3.48. The molecule has 1 aromatic carbocycles. The molecule has 2 aromatic rings. The van der Waals surface area contributed by atoms with Gasteiger partial charge in [-0.1, -0.05) is 0 Å². The van der Waals surface area contributed by atoms with Crippen LogP contribution in [0.15, 0.2) is 24.3 Å². The molecular formula is C21H27N5O5S. The van der Waals surface area contributed by atoms with E-state index in [9.17, 15) is 23.1 Å². The molecule has 0 saturated carbocycles. The van der Waals surface area contributed by atoms with Gasteiger partial charge in [-0.2, -0.15) is 0 Å². The van der Waals surface area contributed by atoms with Gasteiger partial charge in [-0.3, -0.25) is 14.4 Å². The number of hydrogen-bond donors (Lipinski definition) is 2. The standard InChI is InChI=1S/C21H27N5O5S/c1-32(30,31)23-15-4-5-18-16(12-15)17(21(28)29)13-19(22-18)25-10-8-24(9-11-25)14-20(27)26-6-2-3-7-26/h4-5,12-13,23H,2-3,6-11,14H2,1H3,(H,28,29). The number of aromatic nitrogens is 1. The third kappa shape index (κ3) is 5.10. The molecule has 2 saturated heterocycles. The molecule has 0 spiro atoms. The summed E-state index contributed by atoms with van der Waals surface area (Å²) in [6, 6.07) is 6.19. The Morgan fingerprint density at radius 1 is 1.06 bits per heavy atom. The van der Waals surface area contributed by atoms with Crippen LogP contribution in [0, 0.1) is 0 Å². The van der Waals surface area contributed by atoms with E-state index < -0.39 is 16.0 Å². The molecule has 0 atom stereocenters. The molecule has 11 heteroatoms. The van der Waals surface area contributed by atoms with Gasteiger partial charge >= 0.3 is 5.97 Å². The molecule has 2 fully saturated rings. The molecule has 2 aliphatic heterocycles. The van der Waals surface area contributed by atoms with Crippen molar-refractivity contribution in [2.75, 3.05) is 61.7 Å². The number of anilines is 2. The van der Waals surface area contributed by atoms with Gasteiger partial charge in [0.05, 0.1) is 23.9 Å². The van der Waals surface area contributed by atoms with Crippen LogP contribution in [0.25, 0.3) is 10.9 Å². The number of sulfonamides is 1. The van der Waals surface area contributed by atoms with Gasteiger partial charge in [-0.25, -0.2) is 18.2 Å². The Kier molecular flexibility index (Phi) is 6.20. The Balaban J connectivity index is 1.50. The lowest BCUT2D eigenvalue weighted by Gasteiger charge is -2.35. The van der Waals surface area contributed by atoms with Gasteiger partial charge in [0, 0.05) is 50.3 Å². The molecule has 10 nitrogen and oxygen atoms in total. The van der Waals surface area contributed by atoms with E-state index in [1.54, 1.807) is 12.1 Å². The number of piperazine rings is 1. The van der Waals surface area contributed by atoms with Crippen molar-refractivity contribution in [3.8, 4) is 0 Å². The van der Waals surface area contributed by atoms with Gasteiger partial charge in [0.2, 0.25) is 15.9 Å². The van der Waals surface area contributed by atoms with Crippen molar-refractivity contribution in [2.24, 2.45) is 0 Å². The number of likely N-dealkylation sites (tertiary alicyclic amines) is 1. The summed E-state index contributed by atoms with van der Waals surface area (Å²) < 4.78 is 25.4. The van der Waals surface area contributed by atoms with Crippen LogP contribution < -0.4 is 9.62 Å². The van der Waals surface area contributed by atoms with E-state index in [0.29, 0.717) is 49.4 Å². The van der Waals surface area contributed by atoms with E-state index in [2.05, 4.69) is 14.6 Å². The Morgan fingerprint density at radius 3 is 2.38 bits per heavy atom. The highest BCUT2D eigenvalue weighted by Gasteiger charge is 2.25. The lowest BCUT2D eigenvalue weighted by molar-refractivity contribution is -0.131. The molecule has 32 heavy (non-hydrogen) atoms. The van der Waals surface area contributed by atoms with Crippen LogP contribution in [0.2, 0.25) is 0 Å². The van der Waals surface area contributed by atoms with Crippen LogP contribution in [0.5, 0.6) is 0 Å². The zero-order chi connectivity index (χ0) is 22.9. The minimum absolute atomic E-state index is 0.0637. The Labute approximate surface area is 186 Å². The third-order valence-electron chi connectivity index (χ3n) is 5.84. The highest BCUT2D eigenvalue weighted by atomic mass is 32.2. The summed E-state index contributed by atoms with van der Waals surface area (Å²) in [4.78, 5) is 35.0. The second-order valence-corrected chi connectivity index (χ2v) is 10.0. The average Bonchev–Trinajstić information content (AvgIpc) is 3.27. The van der Waals surface area contributed by atoms with E-state index in [1.807, 2.05) is 9.80 Å². The van der Waals surface area contributed by atoms with Gasteiger partial charge in [-0.05, 0) is 37.1 Å². The molecule has 0 radical (unpaired) electrons. The Bertz CT molecular complexity index is 1140. The molecule has 172 valence electrons. The van der Waals surface area contributed by atoms with Crippen LogP contribution in [0.3, 0.4) is 0 Å². The topological polar surface area (TPSA) is 123 Å². The van der Waals surface area contributed by atoms with Crippen molar-refractivity contribution in [3.63, 3.8) is 0 Å². The van der Waals surface area contributed by atoms with Crippen LogP contribution in [-0.4, -0.2) is 92.3 Å². The summed E-state index contributed by atoms with van der Waals surface area (Å²) in [6.07, 6.45) is 3.19. The van der Waals surface area contributed by atoms with E-state index >= 15 is 0 Å². The molecule has 0 aliphatic carbocycles. The van der Waals surface area contributed by atoms with Crippen LogP contribution in [0.4, 0.5) is 11.5 Å². The number of fused-ring (bicyclic) bond motifs is 1. The first kappa shape index (κ1) is 22.3. The molecule has 2 aliphatic rings. The van der Waals surface area contributed by atoms with Gasteiger partial charge in [0.25, 0.3) is 0 Å². The number of nitrogens with zero attached hydrogens (tertiary/aromatic N) is 4. The van der Waals surface area contributed by atoms with Crippen LogP contribution in [-0.2, 0) is 14.8 Å². The van der Waals surface area contributed by atoms with Gasteiger partial charge in [0.15, 0.2) is 0 Å². The number of rotatable bonds is 6. The fourth-order valence-corrected chi connectivity index (χ4v) is 4.78. The van der Waals surface area contributed by atoms with E-state index in [-0.39, 0.29) is 17.2 Å². The normalized spacial score (nSPS) is 17.7. The monoisotopic (exact) mass is 461 g/mol. The number of carboxylic acids is 1. The fourth-order valence-electron chi connectivity index (χ4n) is 4.22. The molecule has 1 aromatic heterocycles. The molecule has 0 unspecified atom stereocenters. The highest BCUT2D eigenvalue weighted by molar-refractivity contribution is 7.92. The number of nitrogens with one attached hydrogen (secondary N) is 1. The number of hydrogen-bond acceptors (Lipinski definition) is 7. The smallest absolute Gasteiger partial charge is 0.336 e. The number of aromatic carboxylic acids is 1. The predicted molar refractivity (Wildman–Crippen MR) is 122 cm³/mol. The number of carboxylic acid groups (broad SMARTS) is 1. The highest BCUT2D eigenvalue weighted by Crippen LogP contribution is 2.27. The molecule has 1 amide bonds. The largest absolute Gasteiger partial charge is 0.478 e. The SMILES string of the molecule is CS(=O)(=O)Nc1ccc2nc(N3CCN(CC(=O)N4CCCC4)CC3)cc(C(=O)O)c2c1. The maximum absolute atomic E-state index is 12.4. The first-order valence-electron chi connectivity index (χ1n) is 10.6. The van der Waals surface area contributed by atoms with E-state index in [1.165, 1.54) is 12.1 Å². The quantitative estimate of drug-likeness (QED) is 0.654. The number of carbonyl (C=O) groups is 2. The predicted octanol–water partition coefficient (Wildman–Crippen LogP) is 1.05. The van der Waals surface area contributed by atoms with Crippen molar-refractivity contribution in [1.29, 1.82) is 0 Å². The first-order valence-corrected chi connectivity index (χ1v) is 12.5. The molecule has 4 rings (SSSR count). The van der Waals surface area contributed by atoms with Crippen molar-refractivity contribution >= 4 is 44.3 Å². The van der Waals surface area contributed by atoms with Crippen molar-refractivity contribution in [1.82, 2.24) is 14.8 Å². The lowest BCUT2D eigenvalue weighted by Crippen LogP contribution is -2.50. The number of benzene rings is 1. The lowest BCUT2D eigenvalue weighted by atomic mass is 10.1. The maximum Gasteiger partial charge on any atom is 0.336 e. The van der Waals surface area contributed by atoms with Crippen molar-refractivity contribution in [2.45, 2.75) is 12.8 Å². The third-order valence-corrected chi connectivity index (χ3v) is 6.45. The molecule has 3 heterocycles. The Morgan fingerprint density at radius 2 is 1.75 bits per heavy atom. The Hall–Kier alpha value is -2.92. The van der Waals surface area contributed by atoms with Gasteiger partial charge < -0.3 is 14.9 Å². The summed E-state index contributed by atoms with van der Waals surface area (Å²) in [6.45, 7) is 4.77. The minimum Gasteiger partial charge on any atom is -0.478 e. The summed E-state index contributed by atoms with van der Waals surface area (Å²) >= 11 is 0. The molecule has 2 N–H and O–H groups in total. The van der Waals surface area contributed by atoms with Gasteiger partial charge in [-0.15, -0.1) is 0 Å². The number of amides is 1. The van der Waals surface area contributed by atoms with Crippen LogP contribution in [0.1, 0.15) is 23.2 Å². The second-order valence-electron chi connectivity index (χ2n) is 8.29. The van der Waals surface area contributed by atoms with E-state index in [4.69, 9.17) is 0 Å². The summed E-state index contributed by atoms with van der Waals surface area (Å²) in [5.74, 6) is -0.374.